The normalized spacial score (nSPS) is 10.8. The van der Waals surface area contributed by atoms with Crippen molar-refractivity contribution in [3.63, 3.8) is 0 Å². The fourth-order valence-electron chi connectivity index (χ4n) is 1.57. The Kier molecular flexibility index (Phi) is 4.85. The first-order valence-corrected chi connectivity index (χ1v) is 6.65. The molecule has 1 aromatic carbocycles. The van der Waals surface area contributed by atoms with Gasteiger partial charge in [-0.15, -0.1) is 0 Å². The van der Waals surface area contributed by atoms with Gasteiger partial charge in [-0.05, 0) is 19.1 Å². The Labute approximate surface area is 131 Å². The summed E-state index contributed by atoms with van der Waals surface area (Å²) in [6.07, 6.45) is 0.946. The van der Waals surface area contributed by atoms with Crippen molar-refractivity contribution >= 4 is 18.2 Å². The number of carbonyl (C=O) groups excluding carboxylic acids is 1. The van der Waals surface area contributed by atoms with Crippen molar-refractivity contribution < 1.29 is 13.9 Å². The molecule has 0 unspecified atom stereocenters. The Morgan fingerprint density at radius 2 is 2.00 bits per heavy atom. The molecular weight excluding hydrogens is 303 g/mol. The summed E-state index contributed by atoms with van der Waals surface area (Å²) in [5.41, 5.74) is 0.00667. The molecule has 1 aromatic heterocycles. The lowest BCUT2D eigenvalue weighted by molar-refractivity contribution is 0.200. The second kappa shape index (κ2) is 6.82. The zero-order valence-corrected chi connectivity index (χ0v) is 12.9. The Hall–Kier alpha value is -3.03. The fraction of sp³-hybridized carbons (Fsp3) is 0.200. The minimum Gasteiger partial charge on any atom is -0.410 e. The van der Waals surface area contributed by atoms with E-state index in [4.69, 9.17) is 4.74 Å². The molecule has 0 fully saturated rings. The number of hydrogen-bond donors (Lipinski definition) is 0. The number of hydrogen-bond acceptors (Lipinski definition) is 5. The monoisotopic (exact) mass is 318 g/mol. The Balaban J connectivity index is 2.26. The van der Waals surface area contributed by atoms with Crippen LogP contribution in [-0.2, 0) is 0 Å². The molecule has 23 heavy (non-hydrogen) atoms. The number of aromatic nitrogens is 2. The number of ether oxygens (including phenoxy) is 1. The van der Waals surface area contributed by atoms with E-state index >= 15 is 0 Å². The molecule has 0 radical (unpaired) electrons. The molecule has 0 saturated carbocycles. The summed E-state index contributed by atoms with van der Waals surface area (Å²) in [5, 5.41) is 0. The van der Waals surface area contributed by atoms with Gasteiger partial charge in [0.2, 0.25) is 0 Å². The zero-order chi connectivity index (χ0) is 17.0. The topological polar surface area (TPSA) is 76.8 Å². The second-order valence-corrected chi connectivity index (χ2v) is 4.95. The minimum atomic E-state index is -1.05. The van der Waals surface area contributed by atoms with E-state index in [1.54, 1.807) is 43.3 Å². The number of rotatable bonds is 3. The van der Waals surface area contributed by atoms with Crippen LogP contribution >= 0.6 is 0 Å². The zero-order valence-electron chi connectivity index (χ0n) is 12.9. The van der Waals surface area contributed by atoms with E-state index in [1.807, 2.05) is 6.92 Å². The number of aliphatic imine (C=N–C) groups is 1. The van der Waals surface area contributed by atoms with Crippen molar-refractivity contribution in [2.24, 2.45) is 4.99 Å². The number of carbonyl (C=O) groups is 1. The smallest absolute Gasteiger partial charge is 0.410 e. The van der Waals surface area contributed by atoms with Crippen LogP contribution in [0, 0.1) is 12.7 Å². The van der Waals surface area contributed by atoms with Crippen LogP contribution in [0.1, 0.15) is 5.56 Å². The molecule has 0 aliphatic rings. The average Bonchev–Trinajstić information content (AvgIpc) is 2.49. The van der Waals surface area contributed by atoms with Gasteiger partial charge in [0, 0.05) is 14.1 Å². The van der Waals surface area contributed by atoms with E-state index in [0.29, 0.717) is 10.8 Å². The molecule has 7 nitrogen and oxygen atoms in total. The SMILES string of the molecule is Cc1ccc(OC(=O)n2cc(F)c(N=CN(C)C)nc2=O)cc1. The van der Waals surface area contributed by atoms with E-state index in [9.17, 15) is 14.0 Å². The van der Waals surface area contributed by atoms with Gasteiger partial charge in [0.1, 0.15) is 5.75 Å². The number of benzene rings is 1. The molecule has 0 aliphatic heterocycles. The molecule has 0 N–H and O–H groups in total. The van der Waals surface area contributed by atoms with Crippen molar-refractivity contribution in [1.29, 1.82) is 0 Å². The molecule has 0 bridgehead atoms. The molecule has 1 heterocycles. The highest BCUT2D eigenvalue weighted by atomic mass is 19.1. The highest BCUT2D eigenvalue weighted by molar-refractivity contribution is 5.73. The lowest BCUT2D eigenvalue weighted by Gasteiger charge is -2.07. The van der Waals surface area contributed by atoms with E-state index in [2.05, 4.69) is 9.98 Å². The van der Waals surface area contributed by atoms with Gasteiger partial charge >= 0.3 is 11.8 Å². The summed E-state index contributed by atoms with van der Waals surface area (Å²) in [4.78, 5) is 32.4. The van der Waals surface area contributed by atoms with Gasteiger partial charge < -0.3 is 9.64 Å². The molecule has 2 aromatic rings. The van der Waals surface area contributed by atoms with E-state index in [-0.39, 0.29) is 5.75 Å². The van der Waals surface area contributed by atoms with Crippen molar-refractivity contribution in [1.82, 2.24) is 14.5 Å². The highest BCUT2D eigenvalue weighted by Crippen LogP contribution is 2.13. The van der Waals surface area contributed by atoms with Crippen LogP contribution in [0.5, 0.6) is 5.75 Å². The predicted octanol–water partition coefficient (Wildman–Crippen LogP) is 1.96. The third-order valence-corrected chi connectivity index (χ3v) is 2.70. The maximum Gasteiger partial charge on any atom is 0.427 e. The Morgan fingerprint density at radius 1 is 1.35 bits per heavy atom. The van der Waals surface area contributed by atoms with Crippen molar-refractivity contribution in [2.75, 3.05) is 14.1 Å². The van der Waals surface area contributed by atoms with Crippen LogP contribution in [-0.4, -0.2) is 41.0 Å². The first-order chi connectivity index (χ1) is 10.9. The predicted molar refractivity (Wildman–Crippen MR) is 82.9 cm³/mol. The largest absolute Gasteiger partial charge is 0.427 e. The summed E-state index contributed by atoms with van der Waals surface area (Å²) in [7, 11) is 3.36. The van der Waals surface area contributed by atoms with Gasteiger partial charge in [0.25, 0.3) is 0 Å². The molecule has 0 saturated heterocycles. The van der Waals surface area contributed by atoms with E-state index < -0.39 is 23.4 Å². The van der Waals surface area contributed by atoms with Crippen molar-refractivity contribution in [2.45, 2.75) is 6.92 Å². The van der Waals surface area contributed by atoms with Gasteiger partial charge in [-0.1, -0.05) is 17.7 Å². The van der Waals surface area contributed by atoms with E-state index in [1.165, 1.54) is 6.34 Å². The van der Waals surface area contributed by atoms with Crippen LogP contribution in [0.15, 0.2) is 40.2 Å². The molecule has 0 spiro atoms. The summed E-state index contributed by atoms with van der Waals surface area (Å²) < 4.78 is 19.3. The van der Waals surface area contributed by atoms with Gasteiger partial charge in [0.15, 0.2) is 11.6 Å². The maximum atomic E-state index is 13.9. The number of nitrogens with zero attached hydrogens (tertiary/aromatic N) is 4. The number of aryl methyl sites for hydroxylation is 1. The Morgan fingerprint density at radius 3 is 2.61 bits per heavy atom. The summed E-state index contributed by atoms with van der Waals surface area (Å²) in [5.74, 6) is -1.07. The van der Waals surface area contributed by atoms with E-state index in [0.717, 1.165) is 5.56 Å². The van der Waals surface area contributed by atoms with Crippen molar-refractivity contribution in [3.8, 4) is 5.75 Å². The van der Waals surface area contributed by atoms with Gasteiger partial charge in [-0.3, -0.25) is 0 Å². The number of halogens is 1. The molecular formula is C15H15FN4O3. The quantitative estimate of drug-likeness (QED) is 0.638. The fourth-order valence-corrected chi connectivity index (χ4v) is 1.57. The summed E-state index contributed by atoms with van der Waals surface area (Å²) >= 11 is 0. The molecule has 0 aliphatic carbocycles. The third-order valence-electron chi connectivity index (χ3n) is 2.70. The highest BCUT2D eigenvalue weighted by Gasteiger charge is 2.15. The van der Waals surface area contributed by atoms with Crippen molar-refractivity contribution in [3.05, 3.63) is 52.3 Å². The van der Waals surface area contributed by atoms with Crippen LogP contribution in [0.2, 0.25) is 0 Å². The summed E-state index contributed by atoms with van der Waals surface area (Å²) in [6.45, 7) is 1.88. The standard InChI is InChI=1S/C15H15FN4O3/c1-10-4-6-11(7-5-10)23-15(22)20-8-12(16)13(18-14(20)21)17-9-19(2)3/h4-9H,1-3H3. The molecule has 120 valence electrons. The minimum absolute atomic E-state index is 0.239. The van der Waals surface area contributed by atoms with Gasteiger partial charge in [0.05, 0.1) is 12.5 Å². The lowest BCUT2D eigenvalue weighted by atomic mass is 10.2. The first kappa shape index (κ1) is 16.3. The maximum absolute atomic E-state index is 13.9. The van der Waals surface area contributed by atoms with Crippen LogP contribution in [0.4, 0.5) is 15.0 Å². The van der Waals surface area contributed by atoms with Gasteiger partial charge in [-0.2, -0.15) is 9.55 Å². The Bertz CT molecular complexity index is 797. The van der Waals surface area contributed by atoms with Crippen LogP contribution < -0.4 is 10.4 Å². The second-order valence-electron chi connectivity index (χ2n) is 4.95. The third kappa shape index (κ3) is 4.22. The van der Waals surface area contributed by atoms with Crippen LogP contribution in [0.25, 0.3) is 0 Å². The summed E-state index contributed by atoms with van der Waals surface area (Å²) in [6, 6.07) is 6.61. The van der Waals surface area contributed by atoms with Gasteiger partial charge in [-0.25, -0.2) is 19.0 Å². The molecule has 0 atom stereocenters. The molecule has 8 heteroatoms. The average molecular weight is 318 g/mol. The molecule has 2 rings (SSSR count). The lowest BCUT2D eigenvalue weighted by Crippen LogP contribution is -2.31. The van der Waals surface area contributed by atoms with Crippen LogP contribution in [0.3, 0.4) is 0 Å². The molecule has 0 amide bonds. The first-order valence-electron chi connectivity index (χ1n) is 6.65.